The van der Waals surface area contributed by atoms with Gasteiger partial charge < -0.3 is 20.1 Å². The van der Waals surface area contributed by atoms with Gasteiger partial charge in [0.05, 0.1) is 19.3 Å². The van der Waals surface area contributed by atoms with Crippen LogP contribution in [0, 0.1) is 0 Å². The molecule has 0 bridgehead atoms. The third-order valence-electron chi connectivity index (χ3n) is 4.60. The number of nitrogens with one attached hydrogen (secondary N) is 2. The smallest absolute Gasteiger partial charge is 0.315 e. The molecular formula is C20H26N4O3. The summed E-state index contributed by atoms with van der Waals surface area (Å²) in [5.74, 6) is 1.23. The van der Waals surface area contributed by atoms with Gasteiger partial charge in [0.2, 0.25) is 5.88 Å². The third-order valence-corrected chi connectivity index (χ3v) is 4.60. The Kier molecular flexibility index (Phi) is 6.84. The van der Waals surface area contributed by atoms with Gasteiger partial charge in [0.15, 0.2) is 0 Å². The minimum atomic E-state index is -0.133. The molecule has 2 aromatic rings. The summed E-state index contributed by atoms with van der Waals surface area (Å²) < 4.78 is 10.7. The summed E-state index contributed by atoms with van der Waals surface area (Å²) in [6, 6.07) is 11.4. The first kappa shape index (κ1) is 18.9. The van der Waals surface area contributed by atoms with E-state index in [0.29, 0.717) is 25.1 Å². The molecule has 2 amide bonds. The van der Waals surface area contributed by atoms with Crippen LogP contribution in [0.1, 0.15) is 32.1 Å². The molecule has 0 radical (unpaired) electrons. The molecule has 1 aliphatic carbocycles. The molecule has 1 heterocycles. The van der Waals surface area contributed by atoms with E-state index < -0.39 is 0 Å². The summed E-state index contributed by atoms with van der Waals surface area (Å²) in [5, 5.41) is 14.1. The number of amides is 2. The van der Waals surface area contributed by atoms with Gasteiger partial charge in [-0.05, 0) is 43.2 Å². The largest absolute Gasteiger partial charge is 0.497 e. The molecule has 0 aliphatic heterocycles. The molecule has 1 aromatic carbocycles. The summed E-state index contributed by atoms with van der Waals surface area (Å²) in [6.07, 6.45) is 5.80. The average Bonchev–Trinajstić information content (AvgIpc) is 2.72. The van der Waals surface area contributed by atoms with Crippen molar-refractivity contribution in [2.24, 2.45) is 0 Å². The molecular weight excluding hydrogens is 344 g/mol. The molecule has 2 N–H and O–H groups in total. The van der Waals surface area contributed by atoms with Gasteiger partial charge in [-0.2, -0.15) is 0 Å². The van der Waals surface area contributed by atoms with Crippen LogP contribution in [0.15, 0.2) is 36.4 Å². The van der Waals surface area contributed by atoms with E-state index in [1.165, 1.54) is 19.3 Å². The number of hydrogen-bond acceptors (Lipinski definition) is 5. The Hall–Kier alpha value is -2.83. The highest BCUT2D eigenvalue weighted by Gasteiger charge is 2.15. The van der Waals surface area contributed by atoms with Gasteiger partial charge in [-0.3, -0.25) is 0 Å². The third kappa shape index (κ3) is 5.84. The van der Waals surface area contributed by atoms with E-state index in [9.17, 15) is 4.79 Å². The number of carbonyl (C=O) groups is 1. The number of hydrogen-bond donors (Lipinski definition) is 2. The van der Waals surface area contributed by atoms with E-state index in [2.05, 4.69) is 20.8 Å². The van der Waals surface area contributed by atoms with Crippen LogP contribution < -0.4 is 20.1 Å². The fourth-order valence-corrected chi connectivity index (χ4v) is 3.12. The summed E-state index contributed by atoms with van der Waals surface area (Å²) in [7, 11) is 1.63. The van der Waals surface area contributed by atoms with Crippen molar-refractivity contribution in [2.45, 2.75) is 38.1 Å². The maximum Gasteiger partial charge on any atom is 0.315 e. The molecule has 1 aliphatic rings. The van der Waals surface area contributed by atoms with Gasteiger partial charge >= 0.3 is 6.03 Å². The number of ether oxygens (including phenoxy) is 2. The number of aromatic nitrogens is 2. The molecule has 0 spiro atoms. The highest BCUT2D eigenvalue weighted by molar-refractivity contribution is 5.74. The number of rotatable bonds is 7. The van der Waals surface area contributed by atoms with Crippen LogP contribution in [0.5, 0.6) is 11.6 Å². The van der Waals surface area contributed by atoms with Crippen LogP contribution in [0.25, 0.3) is 11.3 Å². The second-order valence-corrected chi connectivity index (χ2v) is 6.57. The second kappa shape index (κ2) is 9.75. The van der Waals surface area contributed by atoms with Crippen molar-refractivity contribution in [3.05, 3.63) is 36.4 Å². The number of urea groups is 1. The minimum absolute atomic E-state index is 0.133. The van der Waals surface area contributed by atoms with Crippen molar-refractivity contribution in [3.8, 4) is 22.9 Å². The Morgan fingerprint density at radius 1 is 1.07 bits per heavy atom. The van der Waals surface area contributed by atoms with E-state index >= 15 is 0 Å². The number of methoxy groups -OCH3 is 1. The molecule has 0 saturated heterocycles. The molecule has 144 valence electrons. The molecule has 1 aromatic heterocycles. The zero-order chi connectivity index (χ0) is 18.9. The first-order valence-electron chi connectivity index (χ1n) is 9.40. The average molecular weight is 370 g/mol. The van der Waals surface area contributed by atoms with Gasteiger partial charge in [-0.1, -0.05) is 19.3 Å². The molecule has 1 saturated carbocycles. The summed E-state index contributed by atoms with van der Waals surface area (Å²) in [6.45, 7) is 0.759. The monoisotopic (exact) mass is 370 g/mol. The van der Waals surface area contributed by atoms with Gasteiger partial charge in [0.25, 0.3) is 0 Å². The van der Waals surface area contributed by atoms with E-state index in [1.807, 2.05) is 30.3 Å². The second-order valence-electron chi connectivity index (χ2n) is 6.57. The molecule has 27 heavy (non-hydrogen) atoms. The molecule has 1 fully saturated rings. The highest BCUT2D eigenvalue weighted by atomic mass is 16.5. The van der Waals surface area contributed by atoms with Crippen LogP contribution in [-0.4, -0.2) is 42.5 Å². The molecule has 3 rings (SSSR count). The van der Waals surface area contributed by atoms with Gasteiger partial charge in [-0.15, -0.1) is 10.2 Å². The maximum absolute atomic E-state index is 11.9. The lowest BCUT2D eigenvalue weighted by atomic mass is 9.96. The van der Waals surface area contributed by atoms with Crippen molar-refractivity contribution >= 4 is 6.03 Å². The Labute approximate surface area is 159 Å². The Morgan fingerprint density at radius 3 is 2.52 bits per heavy atom. The zero-order valence-electron chi connectivity index (χ0n) is 15.6. The van der Waals surface area contributed by atoms with Crippen LogP contribution in [-0.2, 0) is 0 Å². The van der Waals surface area contributed by atoms with Gasteiger partial charge in [0.1, 0.15) is 12.4 Å². The Morgan fingerprint density at radius 2 is 1.85 bits per heavy atom. The lowest BCUT2D eigenvalue weighted by Gasteiger charge is -2.22. The van der Waals surface area contributed by atoms with Crippen LogP contribution in [0.2, 0.25) is 0 Å². The first-order chi connectivity index (χ1) is 13.2. The van der Waals surface area contributed by atoms with Crippen molar-refractivity contribution in [3.63, 3.8) is 0 Å². The zero-order valence-corrected chi connectivity index (χ0v) is 15.6. The maximum atomic E-state index is 11.9. The van der Waals surface area contributed by atoms with E-state index in [4.69, 9.17) is 9.47 Å². The summed E-state index contributed by atoms with van der Waals surface area (Å²) >= 11 is 0. The SMILES string of the molecule is COc1ccc(-c2ccc(OCCNC(=O)NC3CCCCC3)nn2)cc1. The van der Waals surface area contributed by atoms with Crippen molar-refractivity contribution in [1.82, 2.24) is 20.8 Å². The van der Waals surface area contributed by atoms with Crippen molar-refractivity contribution < 1.29 is 14.3 Å². The minimum Gasteiger partial charge on any atom is -0.497 e. The number of benzene rings is 1. The van der Waals surface area contributed by atoms with Crippen LogP contribution in [0.3, 0.4) is 0 Å². The topological polar surface area (TPSA) is 85.4 Å². The van der Waals surface area contributed by atoms with Crippen LogP contribution in [0.4, 0.5) is 4.79 Å². The standard InChI is InChI=1S/C20H26N4O3/c1-26-17-9-7-15(8-10-17)18-11-12-19(24-23-18)27-14-13-21-20(25)22-16-5-3-2-4-6-16/h7-12,16H,2-6,13-14H2,1H3,(H2,21,22,25). The van der Waals surface area contributed by atoms with Crippen molar-refractivity contribution in [1.29, 1.82) is 0 Å². The lowest BCUT2D eigenvalue weighted by Crippen LogP contribution is -2.44. The molecule has 0 atom stereocenters. The normalized spacial score (nSPS) is 14.4. The fraction of sp³-hybridized carbons (Fsp3) is 0.450. The summed E-state index contributed by atoms with van der Waals surface area (Å²) in [5.41, 5.74) is 1.71. The van der Waals surface area contributed by atoms with E-state index in [-0.39, 0.29) is 6.03 Å². The highest BCUT2D eigenvalue weighted by Crippen LogP contribution is 2.21. The quantitative estimate of drug-likeness (QED) is 0.731. The molecule has 0 unspecified atom stereocenters. The van der Waals surface area contributed by atoms with Crippen molar-refractivity contribution in [2.75, 3.05) is 20.3 Å². The van der Waals surface area contributed by atoms with E-state index in [0.717, 1.165) is 29.8 Å². The van der Waals surface area contributed by atoms with Crippen LogP contribution >= 0.6 is 0 Å². The molecule has 7 nitrogen and oxygen atoms in total. The Balaban J connectivity index is 1.38. The fourth-order valence-electron chi connectivity index (χ4n) is 3.12. The predicted octanol–water partition coefficient (Wildman–Crippen LogP) is 3.16. The summed E-state index contributed by atoms with van der Waals surface area (Å²) in [4.78, 5) is 11.9. The number of carbonyl (C=O) groups excluding carboxylic acids is 1. The van der Waals surface area contributed by atoms with Gasteiger partial charge in [-0.25, -0.2) is 4.79 Å². The predicted molar refractivity (Wildman–Crippen MR) is 103 cm³/mol. The first-order valence-corrected chi connectivity index (χ1v) is 9.40. The lowest BCUT2D eigenvalue weighted by molar-refractivity contribution is 0.228. The number of nitrogens with zero attached hydrogens (tertiary/aromatic N) is 2. The van der Waals surface area contributed by atoms with E-state index in [1.54, 1.807) is 13.2 Å². The molecule has 7 heteroatoms. The Bertz CT molecular complexity index is 713. The van der Waals surface area contributed by atoms with Gasteiger partial charge in [0, 0.05) is 17.7 Å².